The third-order valence-corrected chi connectivity index (χ3v) is 0. The molecule has 0 bridgehead atoms. The van der Waals surface area contributed by atoms with Crippen LogP contribution < -0.4 is 0 Å². The van der Waals surface area contributed by atoms with Crippen molar-refractivity contribution < 1.29 is 30.0 Å². The molecule has 0 rings (SSSR count). The maximum absolute atomic E-state index is 9.19. The second-order valence-electron chi connectivity index (χ2n) is 0.733. The Balaban J connectivity index is -0.0000000800. The van der Waals surface area contributed by atoms with Crippen molar-refractivity contribution >= 4 is 34.0 Å². The van der Waals surface area contributed by atoms with E-state index in [1.54, 1.807) is 0 Å². The van der Waals surface area contributed by atoms with E-state index < -0.39 is 10.1 Å². The van der Waals surface area contributed by atoms with Crippen molar-refractivity contribution in [1.29, 1.82) is 0 Å². The first-order valence-corrected chi connectivity index (χ1v) is 2.77. The van der Waals surface area contributed by atoms with Gasteiger partial charge >= 0.3 is 0 Å². The number of hydrogen-bond acceptors (Lipinski definition) is 2. The Morgan fingerprint density at radius 2 is 1.43 bits per heavy atom. The van der Waals surface area contributed by atoms with E-state index in [0.29, 0.717) is 6.26 Å². The van der Waals surface area contributed by atoms with Gasteiger partial charge in [0.1, 0.15) is 0 Å². The van der Waals surface area contributed by atoms with Gasteiger partial charge in [-0.1, -0.05) is 0 Å². The Bertz CT molecular complexity index is 98.1. The minimum atomic E-state index is -3.67. The molecule has 0 spiro atoms. The molecule has 6 heteroatoms. The van der Waals surface area contributed by atoms with Crippen LogP contribution >= 0.6 is 0 Å². The first-order valence-electron chi connectivity index (χ1n) is 0.924. The molecule has 0 atom stereocenters. The molecule has 0 aromatic rings. The minimum absolute atomic E-state index is 0. The van der Waals surface area contributed by atoms with Crippen LogP contribution in [0.15, 0.2) is 0 Å². The van der Waals surface area contributed by atoms with E-state index in [2.05, 4.69) is 0 Å². The topological polar surface area (TPSA) is 54.4 Å². The first-order chi connectivity index (χ1) is 2.00. The van der Waals surface area contributed by atoms with Crippen molar-refractivity contribution in [2.24, 2.45) is 0 Å². The van der Waals surface area contributed by atoms with E-state index in [-0.39, 0.29) is 41.0 Å². The van der Waals surface area contributed by atoms with Crippen LogP contribution in [0.4, 0.5) is 0 Å². The van der Waals surface area contributed by atoms with Gasteiger partial charge in [-0.05, 0) is 0 Å². The summed E-state index contributed by atoms with van der Waals surface area (Å²) in [6.45, 7) is 0. The molecule has 0 aliphatic rings. The zero-order valence-corrected chi connectivity index (χ0v) is 8.09. The zero-order chi connectivity index (χ0) is 4.50. The predicted octanol–water partition coefficient (Wildman–Crippen LogP) is -0.879. The van der Waals surface area contributed by atoms with Gasteiger partial charge in [-0.25, -0.2) is 0 Å². The average molecular weight is 278 g/mol. The standard InChI is InChI=1S/CH4O3S.Cu.Sn/c1-5(2,3)4;;/h1H3,(H,2,3,4);;. The Morgan fingerprint density at radius 3 is 1.43 bits per heavy atom. The van der Waals surface area contributed by atoms with E-state index in [9.17, 15) is 8.42 Å². The van der Waals surface area contributed by atoms with Crippen molar-refractivity contribution in [2.75, 3.05) is 6.26 Å². The molecule has 0 amide bonds. The minimum Gasteiger partial charge on any atom is -0.286 e. The molecular weight excluding hydrogens is 274 g/mol. The molecule has 0 saturated heterocycles. The average Bonchev–Trinajstić information content (AvgIpc) is 0.722. The predicted molar refractivity (Wildman–Crippen MR) is 23.2 cm³/mol. The fraction of sp³-hybridized carbons (Fsp3) is 1.00. The van der Waals surface area contributed by atoms with Crippen molar-refractivity contribution in [1.82, 2.24) is 0 Å². The molecule has 0 aromatic heterocycles. The quantitative estimate of drug-likeness (QED) is 0.462. The van der Waals surface area contributed by atoms with Gasteiger partial charge in [0.05, 0.1) is 6.26 Å². The molecule has 0 aliphatic carbocycles. The maximum Gasteiger partial charge on any atom is 0.261 e. The Hall–Kier alpha value is 1.23. The van der Waals surface area contributed by atoms with Crippen LogP contribution in [0.1, 0.15) is 0 Å². The molecule has 0 unspecified atom stereocenters. The molecule has 1 N–H and O–H groups in total. The van der Waals surface area contributed by atoms with Crippen LogP contribution in [-0.2, 0) is 27.2 Å². The van der Waals surface area contributed by atoms with Crippen molar-refractivity contribution in [2.45, 2.75) is 0 Å². The van der Waals surface area contributed by atoms with Gasteiger partial charge in [0.15, 0.2) is 0 Å². The van der Waals surface area contributed by atoms with Crippen molar-refractivity contribution in [3.8, 4) is 0 Å². The maximum atomic E-state index is 9.19. The van der Waals surface area contributed by atoms with Crippen LogP contribution in [0.25, 0.3) is 0 Å². The third-order valence-electron chi connectivity index (χ3n) is 0. The van der Waals surface area contributed by atoms with Crippen LogP contribution in [0.5, 0.6) is 0 Å². The Kier molecular flexibility index (Phi) is 12.1. The van der Waals surface area contributed by atoms with Crippen LogP contribution in [-0.4, -0.2) is 43.1 Å². The van der Waals surface area contributed by atoms with Gasteiger partial charge in [-0.15, -0.1) is 0 Å². The molecule has 0 saturated carbocycles. The van der Waals surface area contributed by atoms with Gasteiger partial charge < -0.3 is 0 Å². The molecule has 0 fully saturated rings. The SMILES string of the molecule is CS(=O)(=O)O.[Cu].[Sn]. The smallest absolute Gasteiger partial charge is 0.261 e. The van der Waals surface area contributed by atoms with Crippen LogP contribution in [0.2, 0.25) is 0 Å². The van der Waals surface area contributed by atoms with Crippen LogP contribution in [0.3, 0.4) is 0 Å². The Labute approximate surface area is 70.0 Å². The van der Waals surface area contributed by atoms with Gasteiger partial charge in [0.2, 0.25) is 0 Å². The van der Waals surface area contributed by atoms with Crippen molar-refractivity contribution in [3.63, 3.8) is 0 Å². The van der Waals surface area contributed by atoms with Crippen LogP contribution in [0, 0.1) is 0 Å². The molecule has 0 aromatic carbocycles. The second-order valence-corrected chi connectivity index (χ2v) is 2.20. The fourth-order valence-corrected chi connectivity index (χ4v) is 0. The zero-order valence-electron chi connectivity index (χ0n) is 3.47. The summed E-state index contributed by atoms with van der Waals surface area (Å²) in [5.74, 6) is 0. The summed E-state index contributed by atoms with van der Waals surface area (Å²) in [6, 6.07) is 0. The van der Waals surface area contributed by atoms with Gasteiger partial charge in [0.25, 0.3) is 10.1 Å². The molecule has 0 heterocycles. The van der Waals surface area contributed by atoms with Gasteiger partial charge in [0, 0.05) is 41.0 Å². The fourth-order valence-electron chi connectivity index (χ4n) is 0. The van der Waals surface area contributed by atoms with E-state index in [1.165, 1.54) is 0 Å². The normalized spacial score (nSPS) is 8.29. The molecule has 5 radical (unpaired) electrons. The summed E-state index contributed by atoms with van der Waals surface area (Å²) in [7, 11) is -3.67. The summed E-state index contributed by atoms with van der Waals surface area (Å²) in [5, 5.41) is 0. The summed E-state index contributed by atoms with van der Waals surface area (Å²) in [5.41, 5.74) is 0. The molecular formula is CH4CuO3SSn. The number of hydrogen-bond donors (Lipinski definition) is 1. The largest absolute Gasteiger partial charge is 0.286 e. The molecule has 3 nitrogen and oxygen atoms in total. The Morgan fingerprint density at radius 1 is 1.43 bits per heavy atom. The summed E-state index contributed by atoms with van der Waals surface area (Å²) in [4.78, 5) is 0. The summed E-state index contributed by atoms with van der Waals surface area (Å²) < 4.78 is 25.9. The van der Waals surface area contributed by atoms with E-state index in [1.807, 2.05) is 0 Å². The van der Waals surface area contributed by atoms with E-state index >= 15 is 0 Å². The molecule has 47 valence electrons. The van der Waals surface area contributed by atoms with E-state index in [4.69, 9.17) is 4.55 Å². The number of rotatable bonds is 0. The second kappa shape index (κ2) is 5.37. The molecule has 0 aliphatic heterocycles. The third kappa shape index (κ3) is 131. The monoisotopic (exact) mass is 279 g/mol. The summed E-state index contributed by atoms with van der Waals surface area (Å²) >= 11 is 0. The van der Waals surface area contributed by atoms with Gasteiger partial charge in [-0.3, -0.25) is 4.55 Å². The van der Waals surface area contributed by atoms with E-state index in [0.717, 1.165) is 0 Å². The van der Waals surface area contributed by atoms with Crippen molar-refractivity contribution in [3.05, 3.63) is 0 Å². The summed E-state index contributed by atoms with van der Waals surface area (Å²) in [6.07, 6.45) is 0.715. The first kappa shape index (κ1) is 15.7. The van der Waals surface area contributed by atoms with Gasteiger partial charge in [-0.2, -0.15) is 8.42 Å². The molecule has 7 heavy (non-hydrogen) atoms.